The lowest BCUT2D eigenvalue weighted by atomic mass is 10.0. The summed E-state index contributed by atoms with van der Waals surface area (Å²) in [7, 11) is -3.77. The van der Waals surface area contributed by atoms with Crippen molar-refractivity contribution in [3.8, 4) is 0 Å². The number of carbonyl (C=O) groups is 1. The van der Waals surface area contributed by atoms with Crippen molar-refractivity contribution in [2.24, 2.45) is 0 Å². The minimum atomic E-state index is -3.77. The second-order valence-corrected chi connectivity index (χ2v) is 8.44. The van der Waals surface area contributed by atoms with Gasteiger partial charge in [0.25, 0.3) is 10.0 Å². The van der Waals surface area contributed by atoms with Crippen LogP contribution in [0.5, 0.6) is 0 Å². The summed E-state index contributed by atoms with van der Waals surface area (Å²) in [4.78, 5) is 14.4. The number of nitrogens with one attached hydrogen (secondary N) is 1. The van der Waals surface area contributed by atoms with Crippen LogP contribution in [0.25, 0.3) is 0 Å². The Bertz CT molecular complexity index is 689. The number of ether oxygens (including phenoxy) is 1. The molecule has 0 amide bonds. The number of H-pyrrole nitrogens is 1. The van der Waals surface area contributed by atoms with E-state index < -0.39 is 16.0 Å². The molecule has 140 valence electrons. The third-order valence-corrected chi connectivity index (χ3v) is 6.90. The van der Waals surface area contributed by atoms with Gasteiger partial charge in [0.15, 0.2) is 5.03 Å². The molecule has 0 radical (unpaired) electrons. The molecule has 0 unspecified atom stereocenters. The van der Waals surface area contributed by atoms with Crippen LogP contribution in [0.2, 0.25) is 0 Å². The Morgan fingerprint density at radius 3 is 2.56 bits per heavy atom. The van der Waals surface area contributed by atoms with Crippen molar-refractivity contribution >= 4 is 16.0 Å². The van der Waals surface area contributed by atoms with Gasteiger partial charge in [0.2, 0.25) is 0 Å². The van der Waals surface area contributed by atoms with E-state index in [0.717, 1.165) is 25.9 Å². The van der Waals surface area contributed by atoms with E-state index >= 15 is 0 Å². The number of nitrogens with zero attached hydrogens (tertiary/aromatic N) is 3. The number of aromatic nitrogens is 2. The first-order valence-electron chi connectivity index (χ1n) is 8.98. The Kier molecular flexibility index (Phi) is 5.75. The molecule has 2 saturated heterocycles. The van der Waals surface area contributed by atoms with Gasteiger partial charge in [0.05, 0.1) is 12.8 Å². The minimum absolute atomic E-state index is 0.0278. The zero-order valence-corrected chi connectivity index (χ0v) is 15.4. The molecule has 0 atom stereocenters. The highest BCUT2D eigenvalue weighted by atomic mass is 32.2. The SMILES string of the molecule is CCOC(=O)c1cn[nH]c1S(=O)(=O)N1CCC(N2CCCCC2)CC1. The lowest BCUT2D eigenvalue weighted by Crippen LogP contribution is -2.48. The fraction of sp³-hybridized carbons (Fsp3) is 0.750. The number of likely N-dealkylation sites (tertiary alicyclic amines) is 1. The van der Waals surface area contributed by atoms with Gasteiger partial charge < -0.3 is 9.64 Å². The summed E-state index contributed by atoms with van der Waals surface area (Å²) in [5, 5.41) is 6.04. The van der Waals surface area contributed by atoms with Gasteiger partial charge in [-0.25, -0.2) is 13.2 Å². The third kappa shape index (κ3) is 3.88. The Balaban J connectivity index is 1.68. The highest BCUT2D eigenvalue weighted by Crippen LogP contribution is 2.26. The molecule has 8 nitrogen and oxygen atoms in total. The second-order valence-electron chi connectivity index (χ2n) is 6.57. The first-order valence-corrected chi connectivity index (χ1v) is 10.4. The fourth-order valence-electron chi connectivity index (χ4n) is 3.69. The molecular formula is C16H26N4O4S. The number of aromatic amines is 1. The van der Waals surface area contributed by atoms with Crippen molar-refractivity contribution in [2.75, 3.05) is 32.8 Å². The van der Waals surface area contributed by atoms with Gasteiger partial charge >= 0.3 is 5.97 Å². The van der Waals surface area contributed by atoms with E-state index in [0.29, 0.717) is 19.1 Å². The van der Waals surface area contributed by atoms with E-state index in [1.807, 2.05) is 0 Å². The summed E-state index contributed by atoms with van der Waals surface area (Å²) in [6.07, 6.45) is 6.61. The van der Waals surface area contributed by atoms with E-state index in [1.165, 1.54) is 29.8 Å². The van der Waals surface area contributed by atoms with Gasteiger partial charge in [-0.15, -0.1) is 0 Å². The topological polar surface area (TPSA) is 95.6 Å². The van der Waals surface area contributed by atoms with Crippen molar-refractivity contribution in [2.45, 2.75) is 50.1 Å². The van der Waals surface area contributed by atoms with Gasteiger partial charge in [-0.3, -0.25) is 5.10 Å². The summed E-state index contributed by atoms with van der Waals surface area (Å²) in [5.41, 5.74) is -0.0278. The Labute approximate surface area is 148 Å². The monoisotopic (exact) mass is 370 g/mol. The van der Waals surface area contributed by atoms with Gasteiger partial charge in [-0.1, -0.05) is 6.42 Å². The molecule has 2 aliphatic heterocycles. The Morgan fingerprint density at radius 2 is 1.92 bits per heavy atom. The maximum Gasteiger partial charge on any atom is 0.342 e. The van der Waals surface area contributed by atoms with Crippen molar-refractivity contribution in [3.05, 3.63) is 11.8 Å². The predicted octanol–water partition coefficient (Wildman–Crippen LogP) is 1.23. The normalized spacial score (nSPS) is 21.3. The molecule has 1 N–H and O–H groups in total. The molecule has 25 heavy (non-hydrogen) atoms. The average molecular weight is 370 g/mol. The Morgan fingerprint density at radius 1 is 1.24 bits per heavy atom. The molecule has 0 saturated carbocycles. The van der Waals surface area contributed by atoms with Gasteiger partial charge in [-0.2, -0.15) is 9.40 Å². The lowest BCUT2D eigenvalue weighted by molar-refractivity contribution is 0.0521. The van der Waals surface area contributed by atoms with Crippen LogP contribution in [-0.4, -0.2) is 72.6 Å². The summed E-state index contributed by atoms with van der Waals surface area (Å²) in [6, 6.07) is 0.457. The van der Waals surface area contributed by atoms with E-state index in [1.54, 1.807) is 6.92 Å². The van der Waals surface area contributed by atoms with E-state index in [2.05, 4.69) is 15.1 Å². The molecule has 3 heterocycles. The summed E-state index contributed by atoms with van der Waals surface area (Å²) < 4.78 is 32.2. The van der Waals surface area contributed by atoms with Crippen LogP contribution < -0.4 is 0 Å². The Hall–Kier alpha value is -1.45. The maximum absolute atomic E-state index is 12.9. The molecule has 1 aromatic heterocycles. The van der Waals surface area contributed by atoms with Crippen molar-refractivity contribution < 1.29 is 17.9 Å². The first-order chi connectivity index (χ1) is 12.0. The predicted molar refractivity (Wildman–Crippen MR) is 91.7 cm³/mol. The van der Waals surface area contributed by atoms with Gasteiger partial charge in [-0.05, 0) is 45.7 Å². The van der Waals surface area contributed by atoms with Crippen LogP contribution >= 0.6 is 0 Å². The summed E-state index contributed by atoms with van der Waals surface area (Å²) >= 11 is 0. The lowest BCUT2D eigenvalue weighted by Gasteiger charge is -2.39. The molecule has 0 spiro atoms. The zero-order chi connectivity index (χ0) is 17.9. The standard InChI is InChI=1S/C16H26N4O4S/c1-2-24-16(21)14-12-17-18-15(14)25(22,23)20-10-6-13(7-11-20)19-8-4-3-5-9-19/h12-13H,2-11H2,1H3,(H,17,18). The van der Waals surface area contributed by atoms with Crippen molar-refractivity contribution in [1.29, 1.82) is 0 Å². The molecule has 2 fully saturated rings. The molecule has 3 rings (SSSR count). The van der Waals surface area contributed by atoms with Crippen LogP contribution in [0, 0.1) is 0 Å². The first kappa shape index (κ1) is 18.3. The molecule has 0 bridgehead atoms. The van der Waals surface area contributed by atoms with E-state index in [4.69, 9.17) is 4.74 Å². The number of sulfonamides is 1. The number of hydrogen-bond donors (Lipinski definition) is 1. The van der Waals surface area contributed by atoms with Crippen molar-refractivity contribution in [3.63, 3.8) is 0 Å². The number of hydrogen-bond acceptors (Lipinski definition) is 6. The highest BCUT2D eigenvalue weighted by Gasteiger charge is 2.35. The number of rotatable bonds is 5. The molecule has 9 heteroatoms. The maximum atomic E-state index is 12.9. The molecule has 1 aromatic rings. The molecular weight excluding hydrogens is 344 g/mol. The van der Waals surface area contributed by atoms with Crippen LogP contribution in [0.15, 0.2) is 11.2 Å². The summed E-state index contributed by atoms with van der Waals surface area (Å²) in [6.45, 7) is 5.02. The largest absolute Gasteiger partial charge is 0.462 e. The van der Waals surface area contributed by atoms with E-state index in [-0.39, 0.29) is 17.2 Å². The van der Waals surface area contributed by atoms with Crippen LogP contribution in [0.3, 0.4) is 0 Å². The second kappa shape index (κ2) is 7.84. The minimum Gasteiger partial charge on any atom is -0.462 e. The average Bonchev–Trinajstić information content (AvgIpc) is 3.14. The van der Waals surface area contributed by atoms with E-state index in [9.17, 15) is 13.2 Å². The zero-order valence-electron chi connectivity index (χ0n) is 14.6. The summed E-state index contributed by atoms with van der Waals surface area (Å²) in [5.74, 6) is -0.668. The number of carbonyl (C=O) groups excluding carboxylic acids is 1. The molecule has 0 aliphatic carbocycles. The molecule has 2 aliphatic rings. The number of piperidine rings is 2. The van der Waals surface area contributed by atoms with Crippen LogP contribution in [0.4, 0.5) is 0 Å². The number of esters is 1. The van der Waals surface area contributed by atoms with Crippen LogP contribution in [-0.2, 0) is 14.8 Å². The quantitative estimate of drug-likeness (QED) is 0.783. The van der Waals surface area contributed by atoms with Crippen molar-refractivity contribution in [1.82, 2.24) is 19.4 Å². The third-order valence-electron chi connectivity index (χ3n) is 5.03. The van der Waals surface area contributed by atoms with Crippen LogP contribution in [0.1, 0.15) is 49.4 Å². The highest BCUT2D eigenvalue weighted by molar-refractivity contribution is 7.89. The molecule has 0 aromatic carbocycles. The van der Waals surface area contributed by atoms with Gasteiger partial charge in [0.1, 0.15) is 5.56 Å². The van der Waals surface area contributed by atoms with Gasteiger partial charge in [0, 0.05) is 19.1 Å². The smallest absolute Gasteiger partial charge is 0.342 e. The fourth-order valence-corrected chi connectivity index (χ4v) is 5.22.